The minimum atomic E-state index is -0.235. The van der Waals surface area contributed by atoms with Crippen LogP contribution in [0.25, 0.3) is 0 Å². The van der Waals surface area contributed by atoms with Crippen LogP contribution in [0.1, 0.15) is 23.7 Å². The summed E-state index contributed by atoms with van der Waals surface area (Å²) >= 11 is 0. The molecule has 0 spiro atoms. The molecule has 4 nitrogen and oxygen atoms in total. The van der Waals surface area contributed by atoms with Crippen molar-refractivity contribution in [2.24, 2.45) is 0 Å². The smallest absolute Gasteiger partial charge is 0.255 e. The van der Waals surface area contributed by atoms with Crippen LogP contribution in [-0.4, -0.2) is 30.6 Å². The lowest BCUT2D eigenvalue weighted by Gasteiger charge is -2.23. The van der Waals surface area contributed by atoms with Crippen LogP contribution < -0.4 is 10.2 Å². The lowest BCUT2D eigenvalue weighted by Crippen LogP contribution is -2.30. The Morgan fingerprint density at radius 3 is 2.45 bits per heavy atom. The van der Waals surface area contributed by atoms with E-state index in [1.54, 1.807) is 18.2 Å². The maximum atomic E-state index is 12.0. The summed E-state index contributed by atoms with van der Waals surface area (Å²) in [5.74, 6) is -0.222. The van der Waals surface area contributed by atoms with Gasteiger partial charge in [-0.25, -0.2) is 0 Å². The summed E-state index contributed by atoms with van der Waals surface area (Å²) in [5, 5.41) is 12.5. The first kappa shape index (κ1) is 15.9. The number of phenolic OH excluding ortho intramolecular Hbond substituents is 1. The monoisotopic (exact) mass is 298 g/mol. The van der Waals surface area contributed by atoms with Crippen molar-refractivity contribution in [3.05, 3.63) is 60.2 Å². The SMILES string of the molecule is CCN(CCCNC(=O)c1ccccc1O)c1ccccc1. The highest BCUT2D eigenvalue weighted by atomic mass is 16.3. The number of phenols is 1. The summed E-state index contributed by atoms with van der Waals surface area (Å²) in [6.45, 7) is 4.50. The Hall–Kier alpha value is -2.49. The molecular formula is C18H22N2O2. The highest BCUT2D eigenvalue weighted by Gasteiger charge is 2.09. The maximum absolute atomic E-state index is 12.0. The number of carbonyl (C=O) groups is 1. The van der Waals surface area contributed by atoms with Crippen LogP contribution in [0.2, 0.25) is 0 Å². The minimum Gasteiger partial charge on any atom is -0.507 e. The van der Waals surface area contributed by atoms with Gasteiger partial charge in [-0.3, -0.25) is 4.79 Å². The van der Waals surface area contributed by atoms with Crippen LogP contribution in [0.3, 0.4) is 0 Å². The van der Waals surface area contributed by atoms with Crippen molar-refractivity contribution in [1.29, 1.82) is 0 Å². The third kappa shape index (κ3) is 4.25. The van der Waals surface area contributed by atoms with Crippen molar-refractivity contribution < 1.29 is 9.90 Å². The predicted molar refractivity (Wildman–Crippen MR) is 89.4 cm³/mol. The Bertz CT molecular complexity index is 599. The number of anilines is 1. The van der Waals surface area contributed by atoms with E-state index in [9.17, 15) is 9.90 Å². The zero-order valence-electron chi connectivity index (χ0n) is 12.8. The number of hydrogen-bond acceptors (Lipinski definition) is 3. The highest BCUT2D eigenvalue weighted by Crippen LogP contribution is 2.15. The molecular weight excluding hydrogens is 276 g/mol. The van der Waals surface area contributed by atoms with Gasteiger partial charge in [0, 0.05) is 25.3 Å². The normalized spacial score (nSPS) is 10.2. The van der Waals surface area contributed by atoms with Crippen LogP contribution in [-0.2, 0) is 0 Å². The molecule has 2 aromatic rings. The molecule has 0 aromatic heterocycles. The van der Waals surface area contributed by atoms with Crippen molar-refractivity contribution in [2.45, 2.75) is 13.3 Å². The third-order valence-electron chi connectivity index (χ3n) is 3.54. The molecule has 4 heteroatoms. The molecule has 2 aromatic carbocycles. The van der Waals surface area contributed by atoms with Crippen molar-refractivity contribution >= 4 is 11.6 Å². The van der Waals surface area contributed by atoms with Gasteiger partial charge in [0.25, 0.3) is 5.91 Å². The predicted octanol–water partition coefficient (Wildman–Crippen LogP) is 3.04. The number of nitrogens with one attached hydrogen (secondary N) is 1. The molecule has 0 aliphatic carbocycles. The standard InChI is InChI=1S/C18H22N2O2/c1-2-20(15-9-4-3-5-10-15)14-8-13-19-18(22)16-11-6-7-12-17(16)21/h3-7,9-12,21H,2,8,13-14H2,1H3,(H,19,22). The fourth-order valence-corrected chi connectivity index (χ4v) is 2.34. The summed E-state index contributed by atoms with van der Waals surface area (Å²) < 4.78 is 0. The van der Waals surface area contributed by atoms with E-state index in [4.69, 9.17) is 0 Å². The summed E-state index contributed by atoms with van der Waals surface area (Å²) in [6.07, 6.45) is 0.849. The van der Waals surface area contributed by atoms with Crippen LogP contribution in [0.5, 0.6) is 5.75 Å². The fourth-order valence-electron chi connectivity index (χ4n) is 2.34. The first-order valence-corrected chi connectivity index (χ1v) is 7.58. The van der Waals surface area contributed by atoms with Crippen LogP contribution in [0.4, 0.5) is 5.69 Å². The second kappa shape index (κ2) is 8.08. The lowest BCUT2D eigenvalue weighted by molar-refractivity contribution is 0.0951. The molecule has 0 heterocycles. The van der Waals surface area contributed by atoms with Crippen LogP contribution >= 0.6 is 0 Å². The fraction of sp³-hybridized carbons (Fsp3) is 0.278. The van der Waals surface area contributed by atoms with E-state index >= 15 is 0 Å². The number of hydrogen-bond donors (Lipinski definition) is 2. The maximum Gasteiger partial charge on any atom is 0.255 e. The molecule has 1 amide bonds. The average molecular weight is 298 g/mol. The number of aromatic hydroxyl groups is 1. The van der Waals surface area contributed by atoms with Gasteiger partial charge in [-0.1, -0.05) is 30.3 Å². The van der Waals surface area contributed by atoms with Gasteiger partial charge < -0.3 is 15.3 Å². The largest absolute Gasteiger partial charge is 0.507 e. The quantitative estimate of drug-likeness (QED) is 0.773. The van der Waals surface area contributed by atoms with Gasteiger partial charge in [-0.2, -0.15) is 0 Å². The van der Waals surface area contributed by atoms with E-state index in [0.717, 1.165) is 19.5 Å². The summed E-state index contributed by atoms with van der Waals surface area (Å²) in [5.41, 5.74) is 1.51. The first-order chi connectivity index (χ1) is 10.7. The average Bonchev–Trinajstić information content (AvgIpc) is 2.56. The van der Waals surface area contributed by atoms with Crippen LogP contribution in [0, 0.1) is 0 Å². The molecule has 0 aliphatic rings. The van der Waals surface area contributed by atoms with Gasteiger partial charge in [-0.15, -0.1) is 0 Å². The zero-order valence-corrected chi connectivity index (χ0v) is 12.8. The number of carbonyl (C=O) groups excluding carboxylic acids is 1. The molecule has 0 atom stereocenters. The molecule has 2 rings (SSSR count). The number of amides is 1. The Morgan fingerprint density at radius 2 is 1.77 bits per heavy atom. The summed E-state index contributed by atoms with van der Waals surface area (Å²) in [6, 6.07) is 16.8. The minimum absolute atomic E-state index is 0.0134. The number of nitrogens with zero attached hydrogens (tertiary/aromatic N) is 1. The number of para-hydroxylation sites is 2. The Labute approximate surface area is 131 Å². The van der Waals surface area contributed by atoms with E-state index in [1.165, 1.54) is 11.8 Å². The molecule has 116 valence electrons. The van der Waals surface area contributed by atoms with Gasteiger partial charge in [0.15, 0.2) is 0 Å². The van der Waals surface area contributed by atoms with Crippen molar-refractivity contribution in [3.63, 3.8) is 0 Å². The molecule has 22 heavy (non-hydrogen) atoms. The van der Waals surface area contributed by atoms with Gasteiger partial charge >= 0.3 is 0 Å². The first-order valence-electron chi connectivity index (χ1n) is 7.58. The lowest BCUT2D eigenvalue weighted by atomic mass is 10.2. The van der Waals surface area contributed by atoms with Gasteiger partial charge in [0.05, 0.1) is 5.56 Å². The molecule has 0 bridgehead atoms. The van der Waals surface area contributed by atoms with E-state index in [0.29, 0.717) is 12.1 Å². The molecule has 2 N–H and O–H groups in total. The van der Waals surface area contributed by atoms with E-state index in [2.05, 4.69) is 29.3 Å². The highest BCUT2D eigenvalue weighted by molar-refractivity contribution is 5.96. The van der Waals surface area contributed by atoms with E-state index in [-0.39, 0.29) is 11.7 Å². The van der Waals surface area contributed by atoms with Gasteiger partial charge in [-0.05, 0) is 37.6 Å². The molecule has 0 saturated heterocycles. The van der Waals surface area contributed by atoms with Gasteiger partial charge in [0.2, 0.25) is 0 Å². The van der Waals surface area contributed by atoms with E-state index in [1.807, 2.05) is 18.2 Å². The molecule has 0 aliphatic heterocycles. The van der Waals surface area contributed by atoms with E-state index < -0.39 is 0 Å². The zero-order chi connectivity index (χ0) is 15.8. The number of benzene rings is 2. The van der Waals surface area contributed by atoms with Gasteiger partial charge in [0.1, 0.15) is 5.75 Å². The second-order valence-corrected chi connectivity index (χ2v) is 5.04. The summed E-state index contributed by atoms with van der Waals surface area (Å²) in [4.78, 5) is 14.2. The van der Waals surface area contributed by atoms with Crippen molar-refractivity contribution in [2.75, 3.05) is 24.5 Å². The molecule has 0 unspecified atom stereocenters. The Morgan fingerprint density at radius 1 is 1.09 bits per heavy atom. The molecule has 0 fully saturated rings. The van der Waals surface area contributed by atoms with Crippen molar-refractivity contribution in [1.82, 2.24) is 5.32 Å². The second-order valence-electron chi connectivity index (χ2n) is 5.04. The van der Waals surface area contributed by atoms with Crippen molar-refractivity contribution in [3.8, 4) is 5.75 Å². The third-order valence-corrected chi connectivity index (χ3v) is 3.54. The Balaban J connectivity index is 1.79. The molecule has 0 saturated carbocycles. The molecule has 0 radical (unpaired) electrons. The Kier molecular flexibility index (Phi) is 5.83. The van der Waals surface area contributed by atoms with Crippen LogP contribution in [0.15, 0.2) is 54.6 Å². The number of rotatable bonds is 7. The summed E-state index contributed by atoms with van der Waals surface area (Å²) in [7, 11) is 0. The topological polar surface area (TPSA) is 52.6 Å².